The Labute approximate surface area is 125 Å². The van der Waals surface area contributed by atoms with Crippen molar-refractivity contribution in [3.05, 3.63) is 22.2 Å². The molecule has 1 saturated carbocycles. The molecular formula is C15H24N4O2. The zero-order chi connectivity index (χ0) is 15.5. The molecule has 1 aromatic rings. The molecule has 21 heavy (non-hydrogen) atoms. The van der Waals surface area contributed by atoms with E-state index in [0.29, 0.717) is 17.1 Å². The lowest BCUT2D eigenvalue weighted by atomic mass is 9.75. The van der Waals surface area contributed by atoms with Gasteiger partial charge in [0.25, 0.3) is 0 Å². The lowest BCUT2D eigenvalue weighted by Gasteiger charge is -2.34. The maximum Gasteiger partial charge on any atom is 0.311 e. The van der Waals surface area contributed by atoms with Gasteiger partial charge in [-0.2, -0.15) is 0 Å². The summed E-state index contributed by atoms with van der Waals surface area (Å²) in [5.74, 6) is 1.05. The summed E-state index contributed by atoms with van der Waals surface area (Å²) >= 11 is 0. The molecule has 1 aliphatic rings. The SMILES string of the molecule is CCNc1ccc([N+](=O)[O-])c(NC2CCC(C)(C)CC2)n1. The first-order valence-corrected chi connectivity index (χ1v) is 7.57. The molecule has 6 heteroatoms. The van der Waals surface area contributed by atoms with Gasteiger partial charge in [-0.3, -0.25) is 10.1 Å². The molecule has 116 valence electrons. The molecule has 1 aromatic heterocycles. The van der Waals surface area contributed by atoms with Crippen LogP contribution in [0.25, 0.3) is 0 Å². The van der Waals surface area contributed by atoms with E-state index in [4.69, 9.17) is 0 Å². The highest BCUT2D eigenvalue weighted by Crippen LogP contribution is 2.37. The van der Waals surface area contributed by atoms with Crippen molar-refractivity contribution >= 4 is 17.3 Å². The maximum absolute atomic E-state index is 11.1. The standard InChI is InChI=1S/C15H24N4O2/c1-4-16-13-6-5-12(19(20)21)14(18-13)17-11-7-9-15(2,3)10-8-11/h5-6,11H,4,7-10H2,1-3H3,(H2,16,17,18). The van der Waals surface area contributed by atoms with E-state index in [-0.39, 0.29) is 16.7 Å². The van der Waals surface area contributed by atoms with Gasteiger partial charge in [0, 0.05) is 18.7 Å². The largest absolute Gasteiger partial charge is 0.370 e. The Kier molecular flexibility index (Phi) is 4.65. The molecule has 0 bridgehead atoms. The van der Waals surface area contributed by atoms with Crippen LogP contribution in [-0.4, -0.2) is 22.5 Å². The zero-order valence-corrected chi connectivity index (χ0v) is 13.0. The predicted molar refractivity (Wildman–Crippen MR) is 84.7 cm³/mol. The Hall–Kier alpha value is -1.85. The van der Waals surface area contributed by atoms with E-state index in [9.17, 15) is 10.1 Å². The number of rotatable bonds is 5. The normalized spacial score (nSPS) is 18.2. The topological polar surface area (TPSA) is 80.1 Å². The van der Waals surface area contributed by atoms with E-state index in [0.717, 1.165) is 32.2 Å². The smallest absolute Gasteiger partial charge is 0.311 e. The van der Waals surface area contributed by atoms with Crippen LogP contribution in [0.1, 0.15) is 46.5 Å². The third-order valence-corrected chi connectivity index (χ3v) is 4.11. The average Bonchev–Trinajstić information content (AvgIpc) is 2.41. The van der Waals surface area contributed by atoms with Gasteiger partial charge >= 0.3 is 5.69 Å². The van der Waals surface area contributed by atoms with Gasteiger partial charge in [-0.1, -0.05) is 13.8 Å². The van der Waals surface area contributed by atoms with Crippen LogP contribution < -0.4 is 10.6 Å². The summed E-state index contributed by atoms with van der Waals surface area (Å²) < 4.78 is 0. The third-order valence-electron chi connectivity index (χ3n) is 4.11. The maximum atomic E-state index is 11.1. The lowest BCUT2D eigenvalue weighted by Crippen LogP contribution is -2.30. The first-order chi connectivity index (χ1) is 9.91. The first-order valence-electron chi connectivity index (χ1n) is 7.57. The number of nitro groups is 1. The molecule has 0 spiro atoms. The molecule has 0 saturated heterocycles. The van der Waals surface area contributed by atoms with Crippen molar-refractivity contribution in [3.63, 3.8) is 0 Å². The summed E-state index contributed by atoms with van der Waals surface area (Å²) in [6, 6.07) is 3.43. The number of nitrogens with one attached hydrogen (secondary N) is 2. The molecule has 0 radical (unpaired) electrons. The Bertz CT molecular complexity index is 506. The highest BCUT2D eigenvalue weighted by Gasteiger charge is 2.28. The predicted octanol–water partition coefficient (Wildman–Crippen LogP) is 3.80. The summed E-state index contributed by atoms with van der Waals surface area (Å²) in [6.45, 7) is 7.26. The monoisotopic (exact) mass is 292 g/mol. The van der Waals surface area contributed by atoms with Crippen LogP contribution in [0.4, 0.5) is 17.3 Å². The van der Waals surface area contributed by atoms with Crippen LogP contribution >= 0.6 is 0 Å². The minimum Gasteiger partial charge on any atom is -0.370 e. The van der Waals surface area contributed by atoms with Gasteiger partial charge in [0.15, 0.2) is 0 Å². The summed E-state index contributed by atoms with van der Waals surface area (Å²) in [5.41, 5.74) is 0.421. The molecule has 0 atom stereocenters. The van der Waals surface area contributed by atoms with Gasteiger partial charge in [-0.05, 0) is 44.1 Å². The van der Waals surface area contributed by atoms with E-state index in [1.54, 1.807) is 6.07 Å². The second-order valence-electron chi connectivity index (χ2n) is 6.43. The molecule has 1 aliphatic carbocycles. The van der Waals surface area contributed by atoms with Crippen LogP contribution in [0, 0.1) is 15.5 Å². The van der Waals surface area contributed by atoms with Crippen molar-refractivity contribution in [1.82, 2.24) is 4.98 Å². The number of pyridine rings is 1. The molecule has 2 N–H and O–H groups in total. The van der Waals surface area contributed by atoms with Crippen molar-refractivity contribution in [3.8, 4) is 0 Å². The highest BCUT2D eigenvalue weighted by atomic mass is 16.6. The van der Waals surface area contributed by atoms with Crippen molar-refractivity contribution in [1.29, 1.82) is 0 Å². The average molecular weight is 292 g/mol. The molecule has 2 rings (SSSR count). The Morgan fingerprint density at radius 2 is 2.05 bits per heavy atom. The fraction of sp³-hybridized carbons (Fsp3) is 0.667. The van der Waals surface area contributed by atoms with E-state index in [2.05, 4.69) is 29.5 Å². The second kappa shape index (κ2) is 6.28. The molecule has 0 amide bonds. The van der Waals surface area contributed by atoms with Crippen LogP contribution in [0.2, 0.25) is 0 Å². The van der Waals surface area contributed by atoms with Crippen LogP contribution in [0.15, 0.2) is 12.1 Å². The van der Waals surface area contributed by atoms with Crippen molar-refractivity contribution in [2.45, 2.75) is 52.5 Å². The fourth-order valence-electron chi connectivity index (χ4n) is 2.72. The Morgan fingerprint density at radius 3 is 2.62 bits per heavy atom. The van der Waals surface area contributed by atoms with E-state index in [1.165, 1.54) is 6.07 Å². The molecular weight excluding hydrogens is 268 g/mol. The van der Waals surface area contributed by atoms with Crippen molar-refractivity contribution < 1.29 is 4.92 Å². The molecule has 0 unspecified atom stereocenters. The Balaban J connectivity index is 2.13. The summed E-state index contributed by atoms with van der Waals surface area (Å²) in [7, 11) is 0. The molecule has 1 fully saturated rings. The molecule has 0 aromatic carbocycles. The summed E-state index contributed by atoms with van der Waals surface area (Å²) in [4.78, 5) is 15.1. The van der Waals surface area contributed by atoms with Crippen LogP contribution in [0.5, 0.6) is 0 Å². The van der Waals surface area contributed by atoms with Gasteiger partial charge in [0.05, 0.1) is 4.92 Å². The van der Waals surface area contributed by atoms with Gasteiger partial charge < -0.3 is 10.6 Å². The molecule has 6 nitrogen and oxygen atoms in total. The minimum atomic E-state index is -0.377. The number of anilines is 2. The number of hydrogen-bond acceptors (Lipinski definition) is 5. The number of aromatic nitrogens is 1. The minimum absolute atomic E-state index is 0.0430. The van der Waals surface area contributed by atoms with Crippen molar-refractivity contribution in [2.24, 2.45) is 5.41 Å². The second-order valence-corrected chi connectivity index (χ2v) is 6.43. The third kappa shape index (κ3) is 4.06. The van der Waals surface area contributed by atoms with Crippen LogP contribution in [0.3, 0.4) is 0 Å². The molecule has 0 aliphatic heterocycles. The van der Waals surface area contributed by atoms with E-state index in [1.807, 2.05) is 6.92 Å². The Morgan fingerprint density at radius 1 is 1.38 bits per heavy atom. The van der Waals surface area contributed by atoms with Gasteiger partial charge in [-0.15, -0.1) is 0 Å². The van der Waals surface area contributed by atoms with Crippen molar-refractivity contribution in [2.75, 3.05) is 17.2 Å². The summed E-state index contributed by atoms with van der Waals surface area (Å²) in [6.07, 6.45) is 4.31. The fourth-order valence-corrected chi connectivity index (χ4v) is 2.72. The quantitative estimate of drug-likeness (QED) is 0.637. The van der Waals surface area contributed by atoms with Gasteiger partial charge in [0.1, 0.15) is 5.82 Å². The zero-order valence-electron chi connectivity index (χ0n) is 13.0. The number of nitrogens with zero attached hydrogens (tertiary/aromatic N) is 2. The molecule has 1 heterocycles. The highest BCUT2D eigenvalue weighted by molar-refractivity contribution is 5.60. The van der Waals surface area contributed by atoms with E-state index < -0.39 is 0 Å². The van der Waals surface area contributed by atoms with Gasteiger partial charge in [-0.25, -0.2) is 4.98 Å². The lowest BCUT2D eigenvalue weighted by molar-refractivity contribution is -0.384. The van der Waals surface area contributed by atoms with Crippen LogP contribution in [-0.2, 0) is 0 Å². The summed E-state index contributed by atoms with van der Waals surface area (Å²) in [5, 5.41) is 17.5. The van der Waals surface area contributed by atoms with E-state index >= 15 is 0 Å². The first kappa shape index (κ1) is 15.5. The van der Waals surface area contributed by atoms with Gasteiger partial charge in [0.2, 0.25) is 5.82 Å². The number of hydrogen-bond donors (Lipinski definition) is 2.